The number of aromatic amines is 1. The third kappa shape index (κ3) is 5.85. The van der Waals surface area contributed by atoms with E-state index in [4.69, 9.17) is 9.47 Å². The zero-order valence-electron chi connectivity index (χ0n) is 17.5. The van der Waals surface area contributed by atoms with E-state index in [2.05, 4.69) is 26.2 Å². The van der Waals surface area contributed by atoms with Gasteiger partial charge in [-0.25, -0.2) is 9.59 Å². The topological polar surface area (TPSA) is 118 Å². The second kappa shape index (κ2) is 9.34. The standard InChI is InChI=1S/C21H25BrN2O6/c1-11-16(12(2)24-17(11)19(26)27)18(25)13-6-7-15(14(22)10-13)29-9-8-23-20(28)30-21(3,4)5/h6-7,10,24H,8-9H2,1-5H3,(H,23,28)(H,26,27). The number of nitrogens with one attached hydrogen (secondary N) is 2. The lowest BCUT2D eigenvalue weighted by Crippen LogP contribution is -2.34. The Kier molecular flexibility index (Phi) is 7.30. The molecule has 3 N–H and O–H groups in total. The van der Waals surface area contributed by atoms with Crippen LogP contribution < -0.4 is 10.1 Å². The minimum Gasteiger partial charge on any atom is -0.491 e. The Labute approximate surface area is 183 Å². The molecule has 0 aliphatic heterocycles. The van der Waals surface area contributed by atoms with Gasteiger partial charge in [0.1, 0.15) is 23.7 Å². The van der Waals surface area contributed by atoms with Crippen LogP contribution in [0.1, 0.15) is 58.4 Å². The van der Waals surface area contributed by atoms with E-state index in [-0.39, 0.29) is 24.6 Å². The summed E-state index contributed by atoms with van der Waals surface area (Å²) in [4.78, 5) is 38.5. The predicted octanol–water partition coefficient (Wildman–Crippen LogP) is 4.23. The van der Waals surface area contributed by atoms with Crippen molar-refractivity contribution in [3.8, 4) is 5.75 Å². The average molecular weight is 481 g/mol. The first-order chi connectivity index (χ1) is 13.9. The number of aromatic carboxylic acids is 1. The fourth-order valence-corrected chi connectivity index (χ4v) is 3.33. The van der Waals surface area contributed by atoms with Crippen molar-refractivity contribution in [2.24, 2.45) is 0 Å². The number of alkyl carbamates (subject to hydrolysis) is 1. The molecule has 0 aliphatic carbocycles. The van der Waals surface area contributed by atoms with Gasteiger partial charge in [0, 0.05) is 16.8 Å². The Hall–Kier alpha value is -2.81. The summed E-state index contributed by atoms with van der Waals surface area (Å²) in [5.41, 5.74) is 1.07. The fourth-order valence-electron chi connectivity index (χ4n) is 2.84. The average Bonchev–Trinajstić information content (AvgIpc) is 2.92. The largest absolute Gasteiger partial charge is 0.491 e. The number of ketones is 1. The third-order valence-corrected chi connectivity index (χ3v) is 4.72. The number of carboxylic acids is 1. The number of hydrogen-bond acceptors (Lipinski definition) is 5. The van der Waals surface area contributed by atoms with Crippen LogP contribution in [-0.2, 0) is 4.74 Å². The van der Waals surface area contributed by atoms with Crippen LogP contribution in [0.5, 0.6) is 5.75 Å². The predicted molar refractivity (Wildman–Crippen MR) is 115 cm³/mol. The molecule has 2 aromatic rings. The molecule has 0 radical (unpaired) electrons. The Morgan fingerprint density at radius 1 is 1.20 bits per heavy atom. The van der Waals surface area contributed by atoms with Crippen LogP contribution in [0.3, 0.4) is 0 Å². The number of amides is 1. The maximum absolute atomic E-state index is 12.9. The van der Waals surface area contributed by atoms with Crippen molar-refractivity contribution < 1.29 is 29.0 Å². The minimum atomic E-state index is -1.11. The van der Waals surface area contributed by atoms with E-state index in [0.717, 1.165) is 0 Å². The normalized spacial score (nSPS) is 11.1. The second-order valence-electron chi connectivity index (χ2n) is 7.68. The molecule has 0 spiro atoms. The van der Waals surface area contributed by atoms with E-state index >= 15 is 0 Å². The number of aromatic nitrogens is 1. The molecule has 1 aromatic carbocycles. The molecule has 0 saturated carbocycles. The highest BCUT2D eigenvalue weighted by molar-refractivity contribution is 9.10. The molecule has 0 aliphatic rings. The summed E-state index contributed by atoms with van der Waals surface area (Å²) in [6.45, 7) is 9.07. The van der Waals surface area contributed by atoms with Gasteiger partial charge in [-0.2, -0.15) is 0 Å². The van der Waals surface area contributed by atoms with Crippen molar-refractivity contribution in [1.82, 2.24) is 10.3 Å². The lowest BCUT2D eigenvalue weighted by atomic mass is 9.99. The molecular weight excluding hydrogens is 456 g/mol. The van der Waals surface area contributed by atoms with E-state index < -0.39 is 17.7 Å². The molecule has 0 bridgehead atoms. The van der Waals surface area contributed by atoms with Gasteiger partial charge in [0.2, 0.25) is 0 Å². The summed E-state index contributed by atoms with van der Waals surface area (Å²) in [5, 5.41) is 11.8. The first-order valence-corrected chi connectivity index (χ1v) is 10.1. The molecule has 1 aromatic heterocycles. The van der Waals surface area contributed by atoms with E-state index in [0.29, 0.717) is 32.6 Å². The molecule has 0 unspecified atom stereocenters. The van der Waals surface area contributed by atoms with Crippen LogP contribution in [-0.4, -0.2) is 46.7 Å². The van der Waals surface area contributed by atoms with E-state index in [1.54, 1.807) is 52.8 Å². The van der Waals surface area contributed by atoms with Crippen molar-refractivity contribution in [2.45, 2.75) is 40.2 Å². The molecule has 8 nitrogen and oxygen atoms in total. The van der Waals surface area contributed by atoms with Crippen molar-refractivity contribution in [2.75, 3.05) is 13.2 Å². The van der Waals surface area contributed by atoms with Gasteiger partial charge in [-0.3, -0.25) is 4.79 Å². The van der Waals surface area contributed by atoms with Gasteiger partial charge in [-0.05, 0) is 74.3 Å². The smallest absolute Gasteiger partial charge is 0.407 e. The zero-order chi connectivity index (χ0) is 22.6. The van der Waals surface area contributed by atoms with Crippen LogP contribution in [0.25, 0.3) is 0 Å². The number of rotatable bonds is 7. The number of aryl methyl sites for hydroxylation is 1. The van der Waals surface area contributed by atoms with Gasteiger partial charge in [0.15, 0.2) is 5.78 Å². The number of H-pyrrole nitrogens is 1. The maximum Gasteiger partial charge on any atom is 0.407 e. The molecule has 1 amide bonds. The number of carbonyl (C=O) groups excluding carboxylic acids is 2. The van der Waals surface area contributed by atoms with Crippen LogP contribution in [0.4, 0.5) is 4.79 Å². The molecule has 0 fully saturated rings. The minimum absolute atomic E-state index is 0.00681. The highest BCUT2D eigenvalue weighted by Gasteiger charge is 2.23. The molecule has 162 valence electrons. The van der Waals surface area contributed by atoms with E-state index in [1.165, 1.54) is 0 Å². The molecule has 0 saturated heterocycles. The highest BCUT2D eigenvalue weighted by atomic mass is 79.9. The lowest BCUT2D eigenvalue weighted by molar-refractivity contribution is 0.0519. The summed E-state index contributed by atoms with van der Waals surface area (Å²) < 4.78 is 11.3. The molecule has 1 heterocycles. The van der Waals surface area contributed by atoms with Crippen molar-refractivity contribution in [1.29, 1.82) is 0 Å². The monoisotopic (exact) mass is 480 g/mol. The summed E-state index contributed by atoms with van der Waals surface area (Å²) >= 11 is 3.38. The highest BCUT2D eigenvalue weighted by Crippen LogP contribution is 2.28. The van der Waals surface area contributed by atoms with E-state index in [9.17, 15) is 19.5 Å². The first kappa shape index (κ1) is 23.5. The second-order valence-corrected chi connectivity index (χ2v) is 8.54. The molecule has 9 heteroatoms. The number of ether oxygens (including phenoxy) is 2. The van der Waals surface area contributed by atoms with Gasteiger partial charge in [0.25, 0.3) is 0 Å². The van der Waals surface area contributed by atoms with Crippen molar-refractivity contribution >= 4 is 33.8 Å². The number of benzene rings is 1. The Bertz CT molecular complexity index is 975. The number of carboxylic acid groups (broad SMARTS) is 1. The number of carbonyl (C=O) groups is 3. The van der Waals surface area contributed by atoms with Crippen LogP contribution in [0.2, 0.25) is 0 Å². The molecule has 30 heavy (non-hydrogen) atoms. The summed E-state index contributed by atoms with van der Waals surface area (Å²) in [6, 6.07) is 4.86. The molecule has 0 atom stereocenters. The van der Waals surface area contributed by atoms with Crippen LogP contribution in [0, 0.1) is 13.8 Å². The maximum atomic E-state index is 12.9. The lowest BCUT2D eigenvalue weighted by Gasteiger charge is -2.19. The van der Waals surface area contributed by atoms with Gasteiger partial charge >= 0.3 is 12.1 Å². The van der Waals surface area contributed by atoms with Gasteiger partial charge in [-0.15, -0.1) is 0 Å². The fraction of sp³-hybridized carbons (Fsp3) is 0.381. The van der Waals surface area contributed by atoms with Crippen LogP contribution >= 0.6 is 15.9 Å². The summed E-state index contributed by atoms with van der Waals surface area (Å²) in [7, 11) is 0. The Morgan fingerprint density at radius 3 is 2.40 bits per heavy atom. The Morgan fingerprint density at radius 2 is 1.87 bits per heavy atom. The summed E-state index contributed by atoms with van der Waals surface area (Å²) in [6.07, 6.45) is -0.524. The van der Waals surface area contributed by atoms with Gasteiger partial charge < -0.3 is 24.9 Å². The first-order valence-electron chi connectivity index (χ1n) is 9.27. The third-order valence-electron chi connectivity index (χ3n) is 4.10. The molecular formula is C21H25BrN2O6. The quantitative estimate of drug-likeness (QED) is 0.403. The zero-order valence-corrected chi connectivity index (χ0v) is 19.1. The number of hydrogen-bond donors (Lipinski definition) is 3. The van der Waals surface area contributed by atoms with Crippen LogP contribution in [0.15, 0.2) is 22.7 Å². The summed E-state index contributed by atoms with van der Waals surface area (Å²) in [5.74, 6) is -0.890. The number of halogens is 1. The van der Waals surface area contributed by atoms with E-state index in [1.807, 2.05) is 0 Å². The van der Waals surface area contributed by atoms with Crippen molar-refractivity contribution in [3.05, 3.63) is 50.8 Å². The van der Waals surface area contributed by atoms with Gasteiger partial charge in [0.05, 0.1) is 11.0 Å². The van der Waals surface area contributed by atoms with Gasteiger partial charge in [-0.1, -0.05) is 0 Å². The SMILES string of the molecule is Cc1[nH]c(C(=O)O)c(C)c1C(=O)c1ccc(OCCNC(=O)OC(C)(C)C)c(Br)c1. The molecule has 2 rings (SSSR count). The van der Waals surface area contributed by atoms with Crippen molar-refractivity contribution in [3.63, 3.8) is 0 Å². The Balaban J connectivity index is 2.03.